The van der Waals surface area contributed by atoms with Crippen LogP contribution in [0.25, 0.3) is 0 Å². The minimum absolute atomic E-state index is 0.320. The van der Waals surface area contributed by atoms with Crippen molar-refractivity contribution in [3.8, 4) is 0 Å². The molecule has 114 valence electrons. The Kier molecular flexibility index (Phi) is 5.94. The Labute approximate surface area is 128 Å². The van der Waals surface area contributed by atoms with Gasteiger partial charge in [-0.3, -0.25) is 4.57 Å². The molecule has 1 unspecified atom stereocenters. The zero-order valence-corrected chi connectivity index (χ0v) is 13.8. The molecule has 1 heterocycles. The van der Waals surface area contributed by atoms with Gasteiger partial charge in [-0.05, 0) is 19.4 Å². The van der Waals surface area contributed by atoms with E-state index in [2.05, 4.69) is 10.3 Å². The fourth-order valence-electron chi connectivity index (χ4n) is 1.94. The van der Waals surface area contributed by atoms with Gasteiger partial charge in [0, 0.05) is 11.6 Å². The first-order valence-corrected chi connectivity index (χ1v) is 9.28. The highest BCUT2D eigenvalue weighted by Crippen LogP contribution is 2.60. The maximum absolute atomic E-state index is 13.1. The second-order valence-electron chi connectivity index (χ2n) is 4.17. The molecule has 2 rings (SSSR count). The van der Waals surface area contributed by atoms with E-state index in [1.807, 2.05) is 35.7 Å². The van der Waals surface area contributed by atoms with Crippen LogP contribution in [0.15, 0.2) is 41.9 Å². The minimum atomic E-state index is -3.34. The summed E-state index contributed by atoms with van der Waals surface area (Å²) in [6, 6.07) is 9.50. The van der Waals surface area contributed by atoms with Gasteiger partial charge >= 0.3 is 7.60 Å². The van der Waals surface area contributed by atoms with Gasteiger partial charge in [0.2, 0.25) is 0 Å². The minimum Gasteiger partial charge on any atom is -0.344 e. The molecule has 1 atom stereocenters. The lowest BCUT2D eigenvalue weighted by atomic mass is 10.2. The molecule has 0 saturated heterocycles. The highest BCUT2D eigenvalue weighted by Gasteiger charge is 2.37. The SMILES string of the molecule is CCOP(=O)(OCC)C(Nc1nccs1)c1ccccc1. The monoisotopic (exact) mass is 326 g/mol. The van der Waals surface area contributed by atoms with Crippen LogP contribution in [0.4, 0.5) is 5.13 Å². The van der Waals surface area contributed by atoms with E-state index < -0.39 is 13.4 Å². The lowest BCUT2D eigenvalue weighted by molar-refractivity contribution is 0.214. The van der Waals surface area contributed by atoms with E-state index in [4.69, 9.17) is 9.05 Å². The van der Waals surface area contributed by atoms with Gasteiger partial charge in [-0.15, -0.1) is 11.3 Å². The number of anilines is 1. The van der Waals surface area contributed by atoms with Crippen molar-refractivity contribution in [3.63, 3.8) is 0 Å². The van der Waals surface area contributed by atoms with E-state index >= 15 is 0 Å². The van der Waals surface area contributed by atoms with Crippen molar-refractivity contribution < 1.29 is 13.6 Å². The molecule has 0 amide bonds. The number of benzene rings is 1. The van der Waals surface area contributed by atoms with Gasteiger partial charge in [0.25, 0.3) is 0 Å². The molecule has 1 aromatic carbocycles. The quantitative estimate of drug-likeness (QED) is 0.723. The van der Waals surface area contributed by atoms with Crippen LogP contribution in [0.1, 0.15) is 25.2 Å². The fourth-order valence-corrected chi connectivity index (χ4v) is 4.49. The molecule has 0 bridgehead atoms. The summed E-state index contributed by atoms with van der Waals surface area (Å²) in [6.45, 7) is 4.24. The summed E-state index contributed by atoms with van der Waals surface area (Å²) in [6.07, 6.45) is 1.70. The van der Waals surface area contributed by atoms with E-state index in [-0.39, 0.29) is 0 Å². The van der Waals surface area contributed by atoms with Crippen LogP contribution in [0.5, 0.6) is 0 Å². The lowest BCUT2D eigenvalue weighted by Gasteiger charge is -2.27. The van der Waals surface area contributed by atoms with Crippen LogP contribution < -0.4 is 5.32 Å². The van der Waals surface area contributed by atoms with Gasteiger partial charge in [-0.25, -0.2) is 4.98 Å². The van der Waals surface area contributed by atoms with Crippen molar-refractivity contribution in [2.45, 2.75) is 19.6 Å². The number of nitrogens with one attached hydrogen (secondary N) is 1. The summed E-state index contributed by atoms with van der Waals surface area (Å²) in [5.41, 5.74) is 0.845. The maximum Gasteiger partial charge on any atom is 0.357 e. The summed E-state index contributed by atoms with van der Waals surface area (Å²) in [4.78, 5) is 4.19. The van der Waals surface area contributed by atoms with Crippen LogP contribution in [-0.2, 0) is 13.6 Å². The number of nitrogens with zero attached hydrogens (tertiary/aromatic N) is 1. The first-order chi connectivity index (χ1) is 10.2. The van der Waals surface area contributed by atoms with Crippen LogP contribution in [0.3, 0.4) is 0 Å². The summed E-state index contributed by atoms with van der Waals surface area (Å²) < 4.78 is 24.1. The van der Waals surface area contributed by atoms with E-state index in [0.717, 1.165) is 5.56 Å². The highest BCUT2D eigenvalue weighted by atomic mass is 32.1. The van der Waals surface area contributed by atoms with Crippen molar-refractivity contribution >= 4 is 24.1 Å². The molecule has 0 fully saturated rings. The summed E-state index contributed by atoms with van der Waals surface area (Å²) >= 11 is 1.44. The van der Waals surface area contributed by atoms with Crippen molar-refractivity contribution in [1.82, 2.24) is 4.98 Å². The topological polar surface area (TPSA) is 60.5 Å². The third-order valence-corrected chi connectivity index (χ3v) is 5.74. The molecule has 0 saturated carbocycles. The van der Waals surface area contributed by atoms with Gasteiger partial charge in [-0.1, -0.05) is 30.3 Å². The Morgan fingerprint density at radius 3 is 2.43 bits per heavy atom. The third kappa shape index (κ3) is 4.14. The summed E-state index contributed by atoms with van der Waals surface area (Å²) in [7, 11) is -3.34. The first-order valence-electron chi connectivity index (χ1n) is 6.79. The molecule has 1 N–H and O–H groups in total. The third-order valence-electron chi connectivity index (χ3n) is 2.74. The van der Waals surface area contributed by atoms with E-state index in [1.165, 1.54) is 11.3 Å². The predicted molar refractivity (Wildman–Crippen MR) is 85.8 cm³/mol. The molecule has 0 aliphatic heterocycles. The van der Waals surface area contributed by atoms with Gasteiger partial charge in [0.15, 0.2) is 10.9 Å². The maximum atomic E-state index is 13.1. The Balaban J connectivity index is 2.36. The van der Waals surface area contributed by atoms with E-state index in [1.54, 1.807) is 20.0 Å². The van der Waals surface area contributed by atoms with Gasteiger partial charge in [0.1, 0.15) is 0 Å². The van der Waals surface area contributed by atoms with Crippen LogP contribution in [0.2, 0.25) is 0 Å². The largest absolute Gasteiger partial charge is 0.357 e. The average molecular weight is 326 g/mol. The first kappa shape index (κ1) is 16.2. The summed E-state index contributed by atoms with van der Waals surface area (Å²) in [5, 5.41) is 5.72. The fraction of sp³-hybridized carbons (Fsp3) is 0.357. The molecular weight excluding hydrogens is 307 g/mol. The smallest absolute Gasteiger partial charge is 0.344 e. The Morgan fingerprint density at radius 1 is 1.24 bits per heavy atom. The normalized spacial score (nSPS) is 13.0. The molecule has 0 radical (unpaired) electrons. The molecule has 21 heavy (non-hydrogen) atoms. The van der Waals surface area contributed by atoms with Crippen molar-refractivity contribution in [1.29, 1.82) is 0 Å². The molecule has 7 heteroatoms. The number of thiazole rings is 1. The number of rotatable bonds is 8. The number of aromatic nitrogens is 1. The average Bonchev–Trinajstić information content (AvgIpc) is 2.99. The Morgan fingerprint density at radius 2 is 1.90 bits per heavy atom. The molecule has 0 aliphatic carbocycles. The second-order valence-corrected chi connectivity index (χ2v) is 7.18. The number of hydrogen-bond donors (Lipinski definition) is 1. The summed E-state index contributed by atoms with van der Waals surface area (Å²) in [5.74, 6) is -0.579. The van der Waals surface area contributed by atoms with Gasteiger partial charge < -0.3 is 14.4 Å². The molecule has 5 nitrogen and oxygen atoms in total. The molecule has 2 aromatic rings. The van der Waals surface area contributed by atoms with Crippen LogP contribution in [-0.4, -0.2) is 18.2 Å². The van der Waals surface area contributed by atoms with E-state index in [9.17, 15) is 4.57 Å². The predicted octanol–water partition coefficient (Wildman–Crippen LogP) is 4.52. The van der Waals surface area contributed by atoms with Crippen molar-refractivity contribution in [2.24, 2.45) is 0 Å². The van der Waals surface area contributed by atoms with E-state index in [0.29, 0.717) is 18.3 Å². The van der Waals surface area contributed by atoms with Gasteiger partial charge in [-0.2, -0.15) is 0 Å². The molecule has 0 aliphatic rings. The highest BCUT2D eigenvalue weighted by molar-refractivity contribution is 7.54. The zero-order chi connectivity index (χ0) is 15.1. The molecule has 1 aromatic heterocycles. The Hall–Kier alpha value is -1.20. The number of hydrogen-bond acceptors (Lipinski definition) is 6. The van der Waals surface area contributed by atoms with Gasteiger partial charge in [0.05, 0.1) is 13.2 Å². The zero-order valence-electron chi connectivity index (χ0n) is 12.1. The molecular formula is C14H19N2O3PS. The van der Waals surface area contributed by atoms with Crippen molar-refractivity contribution in [2.75, 3.05) is 18.5 Å². The Bertz CT molecular complexity index is 567. The standard InChI is InChI=1S/C14H19N2O3PS/c1-3-18-20(17,19-4-2)13(12-8-6-5-7-9-12)16-14-15-10-11-21-14/h5-11,13H,3-4H2,1-2H3,(H,15,16). The molecule has 0 spiro atoms. The van der Waals surface area contributed by atoms with Crippen molar-refractivity contribution in [3.05, 3.63) is 47.5 Å². The van der Waals surface area contributed by atoms with Crippen LogP contribution in [0, 0.1) is 0 Å². The van der Waals surface area contributed by atoms with Crippen LogP contribution >= 0.6 is 18.9 Å². The second kappa shape index (κ2) is 7.71. The lowest BCUT2D eigenvalue weighted by Crippen LogP contribution is -2.15.